The minimum Gasteiger partial charge on any atom is -0.256 e. The van der Waals surface area contributed by atoms with Crippen molar-refractivity contribution in [2.75, 3.05) is 0 Å². The van der Waals surface area contributed by atoms with E-state index in [0.29, 0.717) is 5.92 Å². The van der Waals surface area contributed by atoms with Crippen LogP contribution in [0.5, 0.6) is 0 Å². The molecule has 0 amide bonds. The lowest BCUT2D eigenvalue weighted by Gasteiger charge is -2.20. The van der Waals surface area contributed by atoms with Crippen LogP contribution in [0.15, 0.2) is 48.7 Å². The van der Waals surface area contributed by atoms with Gasteiger partial charge in [0.15, 0.2) is 0 Å². The zero-order chi connectivity index (χ0) is 17.5. The highest BCUT2D eigenvalue weighted by Crippen LogP contribution is 2.31. The van der Waals surface area contributed by atoms with Crippen molar-refractivity contribution in [1.29, 1.82) is 0 Å². The lowest BCUT2D eigenvalue weighted by molar-refractivity contribution is 0.876. The summed E-state index contributed by atoms with van der Waals surface area (Å²) in [6.07, 6.45) is 2.05. The van der Waals surface area contributed by atoms with Crippen molar-refractivity contribution >= 4 is 24.0 Å². The topological polar surface area (TPSA) is 12.9 Å². The fourth-order valence-electron chi connectivity index (χ4n) is 3.46. The number of nitrogens with zero attached hydrogens (tertiary/aromatic N) is 1. The Morgan fingerprint density at radius 2 is 1.67 bits per heavy atom. The number of aromatic nitrogens is 1. The first-order chi connectivity index (χ1) is 11.3. The van der Waals surface area contributed by atoms with Crippen LogP contribution in [0.1, 0.15) is 30.9 Å². The van der Waals surface area contributed by atoms with Crippen LogP contribution in [0, 0.1) is 6.92 Å². The summed E-state index contributed by atoms with van der Waals surface area (Å²) in [7, 11) is -1.37. The third-order valence-corrected chi connectivity index (χ3v) is 6.88. The Labute approximate surface area is 146 Å². The van der Waals surface area contributed by atoms with Gasteiger partial charge in [0.2, 0.25) is 0 Å². The van der Waals surface area contributed by atoms with Crippen LogP contribution < -0.4 is 5.19 Å². The molecule has 124 valence electrons. The van der Waals surface area contributed by atoms with Crippen molar-refractivity contribution in [2.24, 2.45) is 0 Å². The van der Waals surface area contributed by atoms with Crippen LogP contribution in [-0.4, -0.2) is 13.1 Å². The van der Waals surface area contributed by atoms with Crippen molar-refractivity contribution in [1.82, 2.24) is 4.98 Å². The Morgan fingerprint density at radius 1 is 0.958 bits per heavy atom. The van der Waals surface area contributed by atoms with Crippen molar-refractivity contribution in [3.8, 4) is 11.3 Å². The van der Waals surface area contributed by atoms with Gasteiger partial charge >= 0.3 is 0 Å². The van der Waals surface area contributed by atoms with Gasteiger partial charge in [-0.05, 0) is 52.9 Å². The molecule has 0 fully saturated rings. The highest BCUT2D eigenvalue weighted by atomic mass is 28.3. The van der Waals surface area contributed by atoms with E-state index in [-0.39, 0.29) is 0 Å². The zero-order valence-corrected chi connectivity index (χ0v) is 16.6. The Balaban J connectivity index is 2.23. The Kier molecular flexibility index (Phi) is 4.35. The number of rotatable bonds is 3. The maximum atomic E-state index is 4.75. The number of fused-ring (bicyclic) bond motifs is 1. The normalized spacial score (nSPS) is 12.1. The van der Waals surface area contributed by atoms with Crippen LogP contribution in [0.25, 0.3) is 22.0 Å². The van der Waals surface area contributed by atoms with E-state index in [1.165, 1.54) is 32.6 Å². The molecule has 0 atom stereocenters. The van der Waals surface area contributed by atoms with Crippen LogP contribution in [-0.2, 0) is 0 Å². The lowest BCUT2D eigenvalue weighted by Crippen LogP contribution is -2.39. The van der Waals surface area contributed by atoms with Gasteiger partial charge < -0.3 is 0 Å². The zero-order valence-electron chi connectivity index (χ0n) is 15.6. The molecule has 0 aliphatic carbocycles. The van der Waals surface area contributed by atoms with E-state index in [9.17, 15) is 0 Å². The van der Waals surface area contributed by atoms with E-state index in [4.69, 9.17) is 4.98 Å². The second-order valence-electron chi connectivity index (χ2n) is 8.08. The predicted octanol–water partition coefficient (Wildman–Crippen LogP) is 5.88. The summed E-state index contributed by atoms with van der Waals surface area (Å²) in [4.78, 5) is 4.75. The highest BCUT2D eigenvalue weighted by molar-refractivity contribution is 6.89. The Hall–Kier alpha value is -1.93. The molecule has 2 heteroatoms. The summed E-state index contributed by atoms with van der Waals surface area (Å²) in [5, 5.41) is 4.16. The highest BCUT2D eigenvalue weighted by Gasteiger charge is 2.20. The molecule has 1 aromatic heterocycles. The first-order valence-corrected chi connectivity index (χ1v) is 12.3. The molecular weight excluding hydrogens is 306 g/mol. The predicted molar refractivity (Wildman–Crippen MR) is 109 cm³/mol. The molecule has 3 aromatic rings. The standard InChI is InChI=1S/C22H27NSi/c1-15(2)20-12-18(11-17-9-7-8-10-19(17)20)21-13-22(24(4,5)6)16(3)14-23-21/h7-15H,1-6H3. The van der Waals surface area contributed by atoms with E-state index in [1.807, 2.05) is 6.20 Å². The van der Waals surface area contributed by atoms with Gasteiger partial charge in [-0.2, -0.15) is 0 Å². The van der Waals surface area contributed by atoms with E-state index < -0.39 is 8.07 Å². The van der Waals surface area contributed by atoms with Gasteiger partial charge in [-0.25, -0.2) is 0 Å². The summed E-state index contributed by atoms with van der Waals surface area (Å²) in [6, 6.07) is 15.6. The summed E-state index contributed by atoms with van der Waals surface area (Å²) in [5.74, 6) is 0.497. The van der Waals surface area contributed by atoms with Crippen molar-refractivity contribution in [3.05, 3.63) is 59.8 Å². The van der Waals surface area contributed by atoms with Crippen LogP contribution in [0.3, 0.4) is 0 Å². The molecule has 2 aromatic carbocycles. The number of hydrogen-bond acceptors (Lipinski definition) is 1. The molecular formula is C22H27NSi. The van der Waals surface area contributed by atoms with Gasteiger partial charge in [0.1, 0.15) is 0 Å². The number of aryl methyl sites for hydroxylation is 1. The minimum absolute atomic E-state index is 0.497. The van der Waals surface area contributed by atoms with E-state index in [2.05, 4.69) is 82.9 Å². The molecule has 0 radical (unpaired) electrons. The number of hydrogen-bond donors (Lipinski definition) is 0. The lowest BCUT2D eigenvalue weighted by atomic mass is 9.92. The summed E-state index contributed by atoms with van der Waals surface area (Å²) in [6.45, 7) is 13.9. The molecule has 0 unspecified atom stereocenters. The maximum absolute atomic E-state index is 4.75. The summed E-state index contributed by atoms with van der Waals surface area (Å²) in [5.41, 5.74) is 5.06. The fraction of sp³-hybridized carbons (Fsp3) is 0.318. The monoisotopic (exact) mass is 333 g/mol. The average Bonchev–Trinajstić information content (AvgIpc) is 2.53. The second-order valence-corrected chi connectivity index (χ2v) is 13.1. The van der Waals surface area contributed by atoms with Gasteiger partial charge in [0.05, 0.1) is 13.8 Å². The molecule has 0 saturated heterocycles. The average molecular weight is 334 g/mol. The third kappa shape index (κ3) is 3.16. The van der Waals surface area contributed by atoms with Crippen LogP contribution in [0.2, 0.25) is 19.6 Å². The van der Waals surface area contributed by atoms with Gasteiger partial charge in [0, 0.05) is 11.8 Å². The van der Waals surface area contributed by atoms with E-state index in [1.54, 1.807) is 0 Å². The van der Waals surface area contributed by atoms with Gasteiger partial charge in [-0.1, -0.05) is 62.9 Å². The first-order valence-electron chi connectivity index (χ1n) is 8.77. The molecule has 1 nitrogen and oxygen atoms in total. The van der Waals surface area contributed by atoms with E-state index in [0.717, 1.165) is 5.69 Å². The molecule has 0 aliphatic rings. The number of pyridine rings is 1. The van der Waals surface area contributed by atoms with E-state index >= 15 is 0 Å². The molecule has 24 heavy (non-hydrogen) atoms. The molecule has 0 aliphatic heterocycles. The third-order valence-electron chi connectivity index (χ3n) is 4.72. The van der Waals surface area contributed by atoms with Crippen LogP contribution in [0.4, 0.5) is 0 Å². The molecule has 0 saturated carbocycles. The summed E-state index contributed by atoms with van der Waals surface area (Å²) < 4.78 is 0. The first kappa shape index (κ1) is 16.9. The molecule has 3 rings (SSSR count). The van der Waals surface area contributed by atoms with Crippen molar-refractivity contribution in [2.45, 2.75) is 46.3 Å². The fourth-order valence-corrected chi connectivity index (χ4v) is 5.27. The SMILES string of the molecule is Cc1cnc(-c2cc(C(C)C)c3ccccc3c2)cc1[Si](C)(C)C. The van der Waals surface area contributed by atoms with Gasteiger partial charge in [-0.15, -0.1) is 0 Å². The molecule has 0 N–H and O–H groups in total. The van der Waals surface area contributed by atoms with Crippen molar-refractivity contribution < 1.29 is 0 Å². The maximum Gasteiger partial charge on any atom is 0.0781 e. The molecule has 0 bridgehead atoms. The van der Waals surface area contributed by atoms with Crippen LogP contribution >= 0.6 is 0 Å². The minimum atomic E-state index is -1.37. The van der Waals surface area contributed by atoms with Gasteiger partial charge in [0.25, 0.3) is 0 Å². The second kappa shape index (κ2) is 6.17. The molecule has 1 heterocycles. The Bertz CT molecular complexity index is 888. The Morgan fingerprint density at radius 3 is 2.33 bits per heavy atom. The van der Waals surface area contributed by atoms with Crippen molar-refractivity contribution in [3.63, 3.8) is 0 Å². The number of benzene rings is 2. The summed E-state index contributed by atoms with van der Waals surface area (Å²) >= 11 is 0. The molecule has 0 spiro atoms. The smallest absolute Gasteiger partial charge is 0.0781 e. The van der Waals surface area contributed by atoms with Gasteiger partial charge in [-0.3, -0.25) is 4.98 Å². The quantitative estimate of drug-likeness (QED) is 0.545. The largest absolute Gasteiger partial charge is 0.256 e.